The van der Waals surface area contributed by atoms with Crippen LogP contribution in [0.2, 0.25) is 0 Å². The summed E-state index contributed by atoms with van der Waals surface area (Å²) in [6.45, 7) is -2.02. The highest BCUT2D eigenvalue weighted by Gasteiger charge is 2.23. The Labute approximate surface area is 172 Å². The van der Waals surface area contributed by atoms with Crippen molar-refractivity contribution in [1.29, 1.82) is 0 Å². The van der Waals surface area contributed by atoms with E-state index in [2.05, 4.69) is 15.4 Å². The number of anilines is 2. The first kappa shape index (κ1) is 21.5. The molecule has 1 heterocycles. The van der Waals surface area contributed by atoms with Crippen LogP contribution < -0.4 is 15.4 Å². The highest BCUT2D eigenvalue weighted by atomic mass is 19.3. The molecule has 1 fully saturated rings. The van der Waals surface area contributed by atoms with Gasteiger partial charge in [0, 0.05) is 30.0 Å². The number of β-amino-alcohol motifs (C(OH)–C–C–N with tert-alkyl or cyclic N) is 1. The number of rotatable bonds is 7. The van der Waals surface area contributed by atoms with Crippen LogP contribution in [0.3, 0.4) is 0 Å². The fraction of sp³-hybridized carbons (Fsp3) is 0.333. The molecule has 0 unspecified atom stereocenters. The third kappa shape index (κ3) is 6.15. The van der Waals surface area contributed by atoms with Crippen molar-refractivity contribution in [3.63, 3.8) is 0 Å². The molecule has 3 rings (SSSR count). The van der Waals surface area contributed by atoms with Gasteiger partial charge in [-0.3, -0.25) is 9.59 Å². The molecule has 9 heteroatoms. The first-order chi connectivity index (χ1) is 14.4. The lowest BCUT2D eigenvalue weighted by molar-refractivity contribution is -0.114. The van der Waals surface area contributed by atoms with Crippen molar-refractivity contribution in [2.45, 2.75) is 25.6 Å². The molecule has 1 atom stereocenters. The molecule has 0 radical (unpaired) electrons. The second kappa shape index (κ2) is 10.0. The number of hydrogen-bond acceptors (Lipinski definition) is 5. The van der Waals surface area contributed by atoms with Gasteiger partial charge in [-0.15, -0.1) is 0 Å². The van der Waals surface area contributed by atoms with Crippen LogP contribution in [-0.4, -0.2) is 54.2 Å². The van der Waals surface area contributed by atoms with Gasteiger partial charge in [0.2, 0.25) is 5.91 Å². The Bertz CT molecular complexity index is 877. The van der Waals surface area contributed by atoms with E-state index in [0.29, 0.717) is 36.4 Å². The second-order valence-electron chi connectivity index (χ2n) is 6.93. The predicted molar refractivity (Wildman–Crippen MR) is 108 cm³/mol. The van der Waals surface area contributed by atoms with Crippen LogP contribution in [0.1, 0.15) is 23.2 Å². The van der Waals surface area contributed by atoms with Gasteiger partial charge in [0.05, 0.1) is 12.6 Å². The van der Waals surface area contributed by atoms with Crippen LogP contribution in [0.25, 0.3) is 0 Å². The molecule has 3 N–H and O–H groups in total. The quantitative estimate of drug-likeness (QED) is 0.642. The van der Waals surface area contributed by atoms with Gasteiger partial charge in [0.15, 0.2) is 0 Å². The Morgan fingerprint density at radius 1 is 1.17 bits per heavy atom. The van der Waals surface area contributed by atoms with E-state index in [0.717, 1.165) is 6.42 Å². The minimum Gasteiger partial charge on any atom is -0.435 e. The van der Waals surface area contributed by atoms with Crippen LogP contribution in [0.15, 0.2) is 48.5 Å². The van der Waals surface area contributed by atoms with E-state index in [1.807, 2.05) is 0 Å². The Kier molecular flexibility index (Phi) is 7.18. The molecule has 2 aromatic rings. The third-order valence-corrected chi connectivity index (χ3v) is 4.61. The number of halogens is 2. The first-order valence-corrected chi connectivity index (χ1v) is 9.57. The van der Waals surface area contributed by atoms with Crippen molar-refractivity contribution in [2.75, 3.05) is 30.3 Å². The van der Waals surface area contributed by atoms with Crippen LogP contribution in [0.5, 0.6) is 5.75 Å². The molecule has 0 aromatic heterocycles. The lowest BCUT2D eigenvalue weighted by Gasteiger charge is -2.30. The molecule has 0 saturated carbocycles. The van der Waals surface area contributed by atoms with Crippen LogP contribution >= 0.6 is 0 Å². The van der Waals surface area contributed by atoms with Gasteiger partial charge in [0.1, 0.15) is 5.75 Å². The molecular weight excluding hydrogens is 396 g/mol. The molecule has 0 spiro atoms. The summed E-state index contributed by atoms with van der Waals surface area (Å²) in [5.41, 5.74) is 1.52. The number of aliphatic hydroxyl groups excluding tert-OH is 1. The summed E-state index contributed by atoms with van der Waals surface area (Å²) in [5, 5.41) is 15.4. The second-order valence-corrected chi connectivity index (χ2v) is 6.93. The number of likely N-dealkylation sites (tertiary alicyclic amines) is 1. The van der Waals surface area contributed by atoms with Crippen LogP contribution in [0, 0.1) is 0 Å². The number of carbonyl (C=O) groups is 2. The zero-order chi connectivity index (χ0) is 21.5. The predicted octanol–water partition coefficient (Wildman–Crippen LogP) is 2.94. The summed E-state index contributed by atoms with van der Waals surface area (Å²) in [5.74, 6) is -0.495. The zero-order valence-corrected chi connectivity index (χ0v) is 16.2. The monoisotopic (exact) mass is 419 g/mol. The Hall–Kier alpha value is -3.20. The van der Waals surface area contributed by atoms with Gasteiger partial charge in [-0.1, -0.05) is 6.07 Å². The number of ether oxygens (including phenoxy) is 1. The van der Waals surface area contributed by atoms with E-state index in [9.17, 15) is 23.5 Å². The normalized spacial score (nSPS) is 16.3. The fourth-order valence-corrected chi connectivity index (χ4v) is 3.19. The van der Waals surface area contributed by atoms with Crippen molar-refractivity contribution in [1.82, 2.24) is 4.90 Å². The SMILES string of the molecule is O=C(CNc1cccc(C(=O)N2CCC[C@@H](O)C2)c1)Nc1ccc(OC(F)F)cc1. The largest absolute Gasteiger partial charge is 0.435 e. The first-order valence-electron chi connectivity index (χ1n) is 9.57. The highest BCUT2D eigenvalue weighted by molar-refractivity contribution is 5.96. The van der Waals surface area contributed by atoms with Gasteiger partial charge in [-0.25, -0.2) is 0 Å². The zero-order valence-electron chi connectivity index (χ0n) is 16.2. The molecular formula is C21H23F2N3O4. The summed E-state index contributed by atoms with van der Waals surface area (Å²) in [7, 11) is 0. The van der Waals surface area contributed by atoms with E-state index < -0.39 is 12.7 Å². The topological polar surface area (TPSA) is 90.9 Å². The minimum atomic E-state index is -2.91. The van der Waals surface area contributed by atoms with Crippen molar-refractivity contribution < 1.29 is 28.2 Å². The maximum Gasteiger partial charge on any atom is 0.387 e. The van der Waals surface area contributed by atoms with Crippen LogP contribution in [-0.2, 0) is 4.79 Å². The number of alkyl halides is 2. The molecule has 0 aliphatic carbocycles. The Balaban J connectivity index is 1.52. The van der Waals surface area contributed by atoms with Crippen molar-refractivity contribution in [3.05, 3.63) is 54.1 Å². The summed E-state index contributed by atoms with van der Waals surface area (Å²) in [4.78, 5) is 26.4. The number of nitrogens with one attached hydrogen (secondary N) is 2. The van der Waals surface area contributed by atoms with Gasteiger partial charge < -0.3 is 25.4 Å². The highest BCUT2D eigenvalue weighted by Crippen LogP contribution is 2.19. The lowest BCUT2D eigenvalue weighted by atomic mass is 10.1. The number of benzene rings is 2. The molecule has 30 heavy (non-hydrogen) atoms. The third-order valence-electron chi connectivity index (χ3n) is 4.61. The summed E-state index contributed by atoms with van der Waals surface area (Å²) in [6.07, 6.45) is 0.964. The molecule has 2 amide bonds. The van der Waals surface area contributed by atoms with E-state index in [1.165, 1.54) is 24.3 Å². The van der Waals surface area contributed by atoms with E-state index in [4.69, 9.17) is 0 Å². The molecule has 0 bridgehead atoms. The molecule has 2 aromatic carbocycles. The Morgan fingerprint density at radius 3 is 2.63 bits per heavy atom. The Morgan fingerprint density at radius 2 is 1.93 bits per heavy atom. The van der Waals surface area contributed by atoms with Crippen LogP contribution in [0.4, 0.5) is 20.2 Å². The average molecular weight is 419 g/mol. The standard InChI is InChI=1S/C21H23F2N3O4/c22-21(23)30-18-8-6-15(7-9-18)25-19(28)12-24-16-4-1-3-14(11-16)20(29)26-10-2-5-17(27)13-26/h1,3-4,6-9,11,17,21,24,27H,2,5,10,12-13H2,(H,25,28)/t17-/m1/s1. The summed E-state index contributed by atoms with van der Waals surface area (Å²) in [6, 6.07) is 12.4. The van der Waals surface area contributed by atoms with E-state index in [-0.39, 0.29) is 24.1 Å². The molecule has 1 saturated heterocycles. The van der Waals surface area contributed by atoms with Gasteiger partial charge in [0.25, 0.3) is 5.91 Å². The maximum atomic E-state index is 12.6. The van der Waals surface area contributed by atoms with Gasteiger partial charge >= 0.3 is 6.61 Å². The van der Waals surface area contributed by atoms with Crippen molar-refractivity contribution >= 4 is 23.2 Å². The summed E-state index contributed by atoms with van der Waals surface area (Å²) < 4.78 is 28.6. The van der Waals surface area contributed by atoms with Gasteiger partial charge in [-0.2, -0.15) is 8.78 Å². The minimum absolute atomic E-state index is 0.00355. The number of nitrogens with zero attached hydrogens (tertiary/aromatic N) is 1. The van der Waals surface area contributed by atoms with E-state index in [1.54, 1.807) is 29.2 Å². The van der Waals surface area contributed by atoms with Gasteiger partial charge in [-0.05, 0) is 55.3 Å². The number of piperidine rings is 1. The molecule has 160 valence electrons. The average Bonchev–Trinajstić information content (AvgIpc) is 2.73. The molecule has 7 nitrogen and oxygen atoms in total. The number of amides is 2. The number of carbonyl (C=O) groups excluding carboxylic acids is 2. The lowest BCUT2D eigenvalue weighted by Crippen LogP contribution is -2.42. The fourth-order valence-electron chi connectivity index (χ4n) is 3.19. The molecule has 1 aliphatic heterocycles. The van der Waals surface area contributed by atoms with E-state index >= 15 is 0 Å². The summed E-state index contributed by atoms with van der Waals surface area (Å²) >= 11 is 0. The number of aliphatic hydroxyl groups is 1. The maximum absolute atomic E-state index is 12.6. The number of hydrogen-bond donors (Lipinski definition) is 3. The van der Waals surface area contributed by atoms with Crippen molar-refractivity contribution in [2.24, 2.45) is 0 Å². The smallest absolute Gasteiger partial charge is 0.387 e. The molecule has 1 aliphatic rings. The van der Waals surface area contributed by atoms with Crippen molar-refractivity contribution in [3.8, 4) is 5.75 Å².